The molecular weight excluding hydrogens is 248 g/mol. The minimum atomic E-state index is -0.324. The SMILES string of the molecule is Nc1nc(C(=O)Nc2ccnc(Cl)c2)cs1. The quantitative estimate of drug-likeness (QED) is 0.804. The lowest BCUT2D eigenvalue weighted by Crippen LogP contribution is -2.12. The first-order valence-electron chi connectivity index (χ1n) is 4.29. The Morgan fingerprint density at radius 2 is 2.38 bits per heavy atom. The highest BCUT2D eigenvalue weighted by molar-refractivity contribution is 7.13. The maximum atomic E-state index is 11.7. The van der Waals surface area contributed by atoms with Gasteiger partial charge in [0.2, 0.25) is 0 Å². The number of hydrogen-bond acceptors (Lipinski definition) is 5. The van der Waals surface area contributed by atoms with Crippen molar-refractivity contribution in [3.05, 3.63) is 34.6 Å². The van der Waals surface area contributed by atoms with Crippen LogP contribution in [0.1, 0.15) is 10.5 Å². The first kappa shape index (κ1) is 10.8. The van der Waals surface area contributed by atoms with E-state index in [1.54, 1.807) is 17.5 Å². The van der Waals surface area contributed by atoms with E-state index < -0.39 is 0 Å². The second kappa shape index (κ2) is 4.46. The number of thiazole rings is 1. The minimum Gasteiger partial charge on any atom is -0.375 e. The number of nitrogens with zero attached hydrogens (tertiary/aromatic N) is 2. The zero-order valence-corrected chi connectivity index (χ0v) is 9.55. The van der Waals surface area contributed by atoms with Crippen molar-refractivity contribution in [3.63, 3.8) is 0 Å². The molecule has 0 aromatic carbocycles. The molecule has 3 N–H and O–H groups in total. The van der Waals surface area contributed by atoms with Crippen LogP contribution >= 0.6 is 22.9 Å². The number of amides is 1. The fourth-order valence-electron chi connectivity index (χ4n) is 1.07. The second-order valence-electron chi connectivity index (χ2n) is 2.89. The summed E-state index contributed by atoms with van der Waals surface area (Å²) in [4.78, 5) is 19.3. The van der Waals surface area contributed by atoms with Crippen molar-refractivity contribution in [1.29, 1.82) is 0 Å². The number of nitrogens with one attached hydrogen (secondary N) is 1. The maximum absolute atomic E-state index is 11.7. The van der Waals surface area contributed by atoms with Crippen LogP contribution in [-0.2, 0) is 0 Å². The molecule has 2 aromatic heterocycles. The summed E-state index contributed by atoms with van der Waals surface area (Å²) in [5, 5.41) is 4.90. The molecule has 2 aromatic rings. The van der Waals surface area contributed by atoms with Crippen LogP contribution in [0, 0.1) is 0 Å². The first-order valence-corrected chi connectivity index (χ1v) is 5.55. The average molecular weight is 255 g/mol. The molecule has 16 heavy (non-hydrogen) atoms. The monoisotopic (exact) mass is 254 g/mol. The zero-order valence-electron chi connectivity index (χ0n) is 7.98. The fourth-order valence-corrected chi connectivity index (χ4v) is 1.78. The van der Waals surface area contributed by atoms with Crippen LogP contribution < -0.4 is 11.1 Å². The topological polar surface area (TPSA) is 80.9 Å². The van der Waals surface area contributed by atoms with Crippen molar-refractivity contribution in [2.24, 2.45) is 0 Å². The molecule has 0 unspecified atom stereocenters. The summed E-state index contributed by atoms with van der Waals surface area (Å²) >= 11 is 6.90. The Labute approximate surface area is 100 Å². The van der Waals surface area contributed by atoms with Crippen molar-refractivity contribution < 1.29 is 4.79 Å². The van der Waals surface area contributed by atoms with E-state index in [0.717, 1.165) is 0 Å². The Morgan fingerprint density at radius 3 is 3.00 bits per heavy atom. The number of carbonyl (C=O) groups is 1. The number of anilines is 2. The number of carbonyl (C=O) groups excluding carboxylic acids is 1. The van der Waals surface area contributed by atoms with Gasteiger partial charge in [-0.05, 0) is 12.1 Å². The van der Waals surface area contributed by atoms with Crippen LogP contribution in [0.3, 0.4) is 0 Å². The van der Waals surface area contributed by atoms with Gasteiger partial charge >= 0.3 is 0 Å². The van der Waals surface area contributed by atoms with E-state index in [9.17, 15) is 4.79 Å². The van der Waals surface area contributed by atoms with E-state index in [1.165, 1.54) is 17.5 Å². The van der Waals surface area contributed by atoms with Gasteiger partial charge in [0, 0.05) is 17.3 Å². The Kier molecular flexibility index (Phi) is 3.02. The lowest BCUT2D eigenvalue weighted by Gasteiger charge is -2.02. The first-order chi connectivity index (χ1) is 7.65. The largest absolute Gasteiger partial charge is 0.375 e. The molecule has 0 saturated heterocycles. The van der Waals surface area contributed by atoms with E-state index in [0.29, 0.717) is 16.0 Å². The van der Waals surface area contributed by atoms with Gasteiger partial charge in [0.25, 0.3) is 5.91 Å². The van der Waals surface area contributed by atoms with Crippen LogP contribution in [0.15, 0.2) is 23.7 Å². The smallest absolute Gasteiger partial charge is 0.275 e. The molecule has 7 heteroatoms. The lowest BCUT2D eigenvalue weighted by molar-refractivity contribution is 0.102. The molecule has 0 saturated carbocycles. The van der Waals surface area contributed by atoms with E-state index in [1.807, 2.05) is 0 Å². The number of nitrogen functional groups attached to an aromatic ring is 1. The predicted octanol–water partition coefficient (Wildman–Crippen LogP) is 2.03. The Morgan fingerprint density at radius 1 is 1.56 bits per heavy atom. The van der Waals surface area contributed by atoms with E-state index >= 15 is 0 Å². The molecule has 5 nitrogen and oxygen atoms in total. The number of aromatic nitrogens is 2. The fraction of sp³-hybridized carbons (Fsp3) is 0. The molecule has 0 aliphatic heterocycles. The standard InChI is InChI=1S/C9H7ClN4OS/c10-7-3-5(1-2-12-7)13-8(15)6-4-16-9(11)14-6/h1-4H,(H2,11,14)(H,12,13,15). The molecule has 2 rings (SSSR count). The van der Waals surface area contributed by atoms with Gasteiger partial charge in [-0.2, -0.15) is 0 Å². The molecule has 0 radical (unpaired) electrons. The minimum absolute atomic E-state index is 0.287. The Hall–Kier alpha value is -1.66. The summed E-state index contributed by atoms with van der Waals surface area (Å²) < 4.78 is 0. The summed E-state index contributed by atoms with van der Waals surface area (Å²) in [6.45, 7) is 0. The molecule has 0 fully saturated rings. The molecule has 2 heterocycles. The van der Waals surface area contributed by atoms with Crippen molar-refractivity contribution in [1.82, 2.24) is 9.97 Å². The maximum Gasteiger partial charge on any atom is 0.275 e. The van der Waals surface area contributed by atoms with Crippen LogP contribution in [-0.4, -0.2) is 15.9 Å². The van der Waals surface area contributed by atoms with Gasteiger partial charge in [-0.3, -0.25) is 4.79 Å². The van der Waals surface area contributed by atoms with Gasteiger partial charge in [0.1, 0.15) is 10.8 Å². The molecule has 1 amide bonds. The molecule has 0 atom stereocenters. The number of nitrogens with two attached hydrogens (primary N) is 1. The van der Waals surface area contributed by atoms with Crippen molar-refractivity contribution >= 4 is 39.7 Å². The van der Waals surface area contributed by atoms with E-state index in [-0.39, 0.29) is 11.6 Å². The normalized spacial score (nSPS) is 10.1. The highest BCUT2D eigenvalue weighted by atomic mass is 35.5. The van der Waals surface area contributed by atoms with Crippen molar-refractivity contribution in [3.8, 4) is 0 Å². The molecule has 82 valence electrons. The van der Waals surface area contributed by atoms with Crippen molar-refractivity contribution in [2.75, 3.05) is 11.1 Å². The van der Waals surface area contributed by atoms with Gasteiger partial charge < -0.3 is 11.1 Å². The Balaban J connectivity index is 2.13. The number of halogens is 1. The highest BCUT2D eigenvalue weighted by Crippen LogP contribution is 2.15. The molecule has 0 aliphatic rings. The van der Waals surface area contributed by atoms with Crippen LogP contribution in [0.5, 0.6) is 0 Å². The summed E-state index contributed by atoms with van der Waals surface area (Å²) in [6.07, 6.45) is 1.51. The van der Waals surface area contributed by atoms with E-state index in [2.05, 4.69) is 15.3 Å². The van der Waals surface area contributed by atoms with Gasteiger partial charge in [0.15, 0.2) is 5.13 Å². The van der Waals surface area contributed by atoms with Gasteiger partial charge in [-0.1, -0.05) is 11.6 Å². The van der Waals surface area contributed by atoms with Gasteiger partial charge in [0.05, 0.1) is 0 Å². The lowest BCUT2D eigenvalue weighted by atomic mass is 10.4. The third kappa shape index (κ3) is 2.47. The van der Waals surface area contributed by atoms with Crippen LogP contribution in [0.2, 0.25) is 5.15 Å². The van der Waals surface area contributed by atoms with E-state index in [4.69, 9.17) is 17.3 Å². The third-order valence-electron chi connectivity index (χ3n) is 1.74. The predicted molar refractivity (Wildman–Crippen MR) is 63.7 cm³/mol. The highest BCUT2D eigenvalue weighted by Gasteiger charge is 2.09. The number of hydrogen-bond donors (Lipinski definition) is 2. The average Bonchev–Trinajstić information content (AvgIpc) is 2.65. The summed E-state index contributed by atoms with van der Waals surface area (Å²) in [5.74, 6) is -0.324. The molecule has 0 bridgehead atoms. The summed E-state index contributed by atoms with van der Waals surface area (Å²) in [7, 11) is 0. The number of rotatable bonds is 2. The number of pyridine rings is 1. The second-order valence-corrected chi connectivity index (χ2v) is 4.17. The molecule has 0 aliphatic carbocycles. The molecule has 0 spiro atoms. The molecular formula is C9H7ClN4OS. The van der Waals surface area contributed by atoms with Gasteiger partial charge in [-0.25, -0.2) is 9.97 Å². The van der Waals surface area contributed by atoms with Gasteiger partial charge in [-0.15, -0.1) is 11.3 Å². The Bertz CT molecular complexity index is 528. The van der Waals surface area contributed by atoms with Crippen molar-refractivity contribution in [2.45, 2.75) is 0 Å². The summed E-state index contributed by atoms with van der Waals surface area (Å²) in [6, 6.07) is 3.19. The summed E-state index contributed by atoms with van der Waals surface area (Å²) in [5.41, 5.74) is 6.28. The van der Waals surface area contributed by atoms with Crippen LogP contribution in [0.25, 0.3) is 0 Å². The zero-order chi connectivity index (χ0) is 11.5. The third-order valence-corrected chi connectivity index (χ3v) is 2.62. The van der Waals surface area contributed by atoms with Crippen LogP contribution in [0.4, 0.5) is 10.8 Å².